The van der Waals surface area contributed by atoms with Crippen molar-refractivity contribution in [2.24, 2.45) is 34.0 Å². The van der Waals surface area contributed by atoms with Gasteiger partial charge in [-0.15, -0.1) is 0 Å². The van der Waals surface area contributed by atoms with Crippen molar-refractivity contribution in [2.45, 2.75) is 83.4 Å². The number of hydrogen-bond acceptors (Lipinski definition) is 2. The molecular weight excluding hydrogens is 326 g/mol. The van der Waals surface area contributed by atoms with Gasteiger partial charge in [0, 0.05) is 35.5 Å². The second kappa shape index (κ2) is 4.35. The van der Waals surface area contributed by atoms with Gasteiger partial charge in [-0.3, -0.25) is 9.28 Å². The van der Waals surface area contributed by atoms with E-state index in [0.29, 0.717) is 29.2 Å². The highest BCUT2D eigenvalue weighted by Crippen LogP contribution is 2.85. The first-order valence-electron chi connectivity index (χ1n) is 11.1. The van der Waals surface area contributed by atoms with Crippen LogP contribution in [0.15, 0.2) is 0 Å². The number of rotatable bonds is 3. The Bertz CT molecular complexity index is 710. The molecular formula is C22H34NO3+. The lowest BCUT2D eigenvalue weighted by Gasteiger charge is -2.62. The average Bonchev–Trinajstić information content (AvgIpc) is 3.12. The average molecular weight is 361 g/mol. The monoisotopic (exact) mass is 360 g/mol. The van der Waals surface area contributed by atoms with Crippen LogP contribution in [0.3, 0.4) is 0 Å². The van der Waals surface area contributed by atoms with Crippen LogP contribution in [0.4, 0.5) is 0 Å². The highest BCUT2D eigenvalue weighted by Gasteiger charge is 2.93. The Morgan fingerprint density at radius 2 is 2.00 bits per heavy atom. The Morgan fingerprint density at radius 1 is 1.19 bits per heavy atom. The summed E-state index contributed by atoms with van der Waals surface area (Å²) in [6, 6.07) is 0.525. The van der Waals surface area contributed by atoms with Crippen molar-refractivity contribution in [1.29, 1.82) is 0 Å². The summed E-state index contributed by atoms with van der Waals surface area (Å²) in [5.41, 5.74) is -0.251. The van der Waals surface area contributed by atoms with Gasteiger partial charge in [0.2, 0.25) is 5.72 Å². The lowest BCUT2D eigenvalue weighted by Crippen LogP contribution is -2.73. The number of carbonyl (C=O) groups is 1. The van der Waals surface area contributed by atoms with E-state index < -0.39 is 11.7 Å². The van der Waals surface area contributed by atoms with Gasteiger partial charge in [-0.1, -0.05) is 20.3 Å². The number of aliphatic carboxylic acids is 1. The number of quaternary nitrogens is 1. The van der Waals surface area contributed by atoms with Crippen LogP contribution in [0, 0.1) is 34.0 Å². The van der Waals surface area contributed by atoms with Gasteiger partial charge in [0.15, 0.2) is 0 Å². The zero-order chi connectivity index (χ0) is 18.2. The summed E-state index contributed by atoms with van der Waals surface area (Å²) < 4.78 is 0.964. The van der Waals surface area contributed by atoms with E-state index in [2.05, 4.69) is 13.8 Å². The normalized spacial score (nSPS) is 64.0. The fourth-order valence-electron chi connectivity index (χ4n) is 11.0. The summed E-state index contributed by atoms with van der Waals surface area (Å²) in [6.07, 6.45) is 9.53. The molecule has 2 saturated carbocycles. The molecule has 5 bridgehead atoms. The van der Waals surface area contributed by atoms with Gasteiger partial charge in [-0.2, -0.15) is 0 Å². The van der Waals surface area contributed by atoms with Gasteiger partial charge in [-0.25, -0.2) is 0 Å². The molecule has 6 rings (SSSR count). The molecule has 2 aliphatic carbocycles. The molecule has 0 radical (unpaired) electrons. The van der Waals surface area contributed by atoms with E-state index in [4.69, 9.17) is 0 Å². The van der Waals surface area contributed by atoms with E-state index in [1.807, 2.05) is 0 Å². The van der Waals surface area contributed by atoms with Crippen LogP contribution in [0.2, 0.25) is 0 Å². The molecule has 0 amide bonds. The van der Waals surface area contributed by atoms with Crippen molar-refractivity contribution < 1.29 is 19.5 Å². The van der Waals surface area contributed by atoms with Crippen molar-refractivity contribution in [3.63, 3.8) is 0 Å². The topological polar surface area (TPSA) is 57.5 Å². The first-order valence-corrected chi connectivity index (χ1v) is 11.1. The maximum atomic E-state index is 12.4. The standard InChI is InChI=1S/C22H33NO3/c1-14-12-23-13-20-7-3-4-16(20)21(9-6-17(24)25)18(23)15(14)5-8-19(21,2)22(23,26)11-10-20/h14-16,18,26H,3-13H2,1-2H3/p+1/t14-,15-,16-,18+,19-,20+,21+,22-,23?/m1/s1. The predicted octanol–water partition coefficient (Wildman–Crippen LogP) is 3.39. The van der Waals surface area contributed by atoms with E-state index in [1.54, 1.807) is 0 Å². The maximum Gasteiger partial charge on any atom is 0.303 e. The fourth-order valence-corrected chi connectivity index (χ4v) is 11.0. The Balaban J connectivity index is 1.65. The third kappa shape index (κ3) is 1.29. The first kappa shape index (κ1) is 16.4. The minimum absolute atomic E-state index is 0.0546. The SMILES string of the molecule is C[C@@H]1C[N+]23C[C@@]45CCC[C@H]4[C@@]4(CCC(=O)O)[C@@H]2[C@@H]1CC[C@@]4(C)[C@]3(O)CC5. The van der Waals surface area contributed by atoms with E-state index in [9.17, 15) is 15.0 Å². The van der Waals surface area contributed by atoms with Crippen molar-refractivity contribution in [2.75, 3.05) is 13.1 Å². The quantitative estimate of drug-likeness (QED) is 0.759. The molecule has 4 heteroatoms. The minimum atomic E-state index is -0.646. The number of carboxylic acid groups (broad SMARTS) is 1. The van der Waals surface area contributed by atoms with Crippen molar-refractivity contribution in [3.8, 4) is 0 Å². The van der Waals surface area contributed by atoms with E-state index >= 15 is 0 Å². The lowest BCUT2D eigenvalue weighted by atomic mass is 9.44. The summed E-state index contributed by atoms with van der Waals surface area (Å²) >= 11 is 0. The summed E-state index contributed by atoms with van der Waals surface area (Å²) in [7, 11) is 0. The summed E-state index contributed by atoms with van der Waals surface area (Å²) in [6.45, 7) is 7.16. The van der Waals surface area contributed by atoms with Crippen LogP contribution in [0.5, 0.6) is 0 Å². The molecule has 1 unspecified atom stereocenters. The molecule has 2 spiro atoms. The molecule has 144 valence electrons. The number of fused-ring (bicyclic) bond motifs is 1. The number of hydrogen-bond donors (Lipinski definition) is 2. The molecule has 0 aromatic heterocycles. The van der Waals surface area contributed by atoms with Crippen LogP contribution in [-0.4, -0.2) is 45.5 Å². The zero-order valence-electron chi connectivity index (χ0n) is 16.3. The third-order valence-corrected chi connectivity index (χ3v) is 11.3. The maximum absolute atomic E-state index is 12.4. The smallest absolute Gasteiger partial charge is 0.303 e. The van der Waals surface area contributed by atoms with E-state index in [-0.39, 0.29) is 17.3 Å². The highest BCUT2D eigenvalue weighted by atomic mass is 16.4. The third-order valence-electron chi connectivity index (χ3n) is 11.3. The molecule has 4 nitrogen and oxygen atoms in total. The van der Waals surface area contributed by atoms with Gasteiger partial charge in [0.1, 0.15) is 6.04 Å². The molecule has 4 aliphatic heterocycles. The molecule has 2 N–H and O–H groups in total. The Labute approximate surface area is 156 Å². The van der Waals surface area contributed by atoms with Crippen LogP contribution in [-0.2, 0) is 4.79 Å². The van der Waals surface area contributed by atoms with Gasteiger partial charge >= 0.3 is 5.97 Å². The molecule has 4 heterocycles. The predicted molar refractivity (Wildman–Crippen MR) is 97.0 cm³/mol. The van der Waals surface area contributed by atoms with Crippen molar-refractivity contribution in [1.82, 2.24) is 0 Å². The molecule has 26 heavy (non-hydrogen) atoms. The summed E-state index contributed by atoms with van der Waals surface area (Å²) in [5.74, 6) is 1.38. The van der Waals surface area contributed by atoms with Gasteiger partial charge in [0.25, 0.3) is 0 Å². The molecule has 0 aromatic carbocycles. The molecule has 6 aliphatic rings. The number of aliphatic hydroxyl groups is 1. The van der Waals surface area contributed by atoms with E-state index in [0.717, 1.165) is 30.3 Å². The van der Waals surface area contributed by atoms with Crippen LogP contribution in [0.1, 0.15) is 71.6 Å². The van der Waals surface area contributed by atoms with Gasteiger partial charge in [0.05, 0.1) is 18.5 Å². The van der Waals surface area contributed by atoms with Crippen molar-refractivity contribution >= 4 is 5.97 Å². The van der Waals surface area contributed by atoms with Gasteiger partial charge < -0.3 is 10.2 Å². The van der Waals surface area contributed by atoms with Gasteiger partial charge in [-0.05, 0) is 44.4 Å². The van der Waals surface area contributed by atoms with E-state index in [1.165, 1.54) is 38.6 Å². The van der Waals surface area contributed by atoms with Crippen molar-refractivity contribution in [3.05, 3.63) is 0 Å². The highest BCUT2D eigenvalue weighted by molar-refractivity contribution is 5.66. The van der Waals surface area contributed by atoms with Crippen LogP contribution in [0.25, 0.3) is 0 Å². The number of nitrogens with zero attached hydrogens (tertiary/aromatic N) is 1. The Hall–Kier alpha value is -0.610. The first-order chi connectivity index (χ1) is 12.3. The second-order valence-corrected chi connectivity index (χ2v) is 11.4. The van der Waals surface area contributed by atoms with Crippen LogP contribution >= 0.6 is 0 Å². The number of piperidine rings is 2. The lowest BCUT2D eigenvalue weighted by molar-refractivity contribution is -1.02. The number of carboxylic acids is 1. The summed E-state index contributed by atoms with van der Waals surface area (Å²) in [4.78, 5) is 11.7. The van der Waals surface area contributed by atoms with Crippen LogP contribution < -0.4 is 0 Å². The minimum Gasteiger partial charge on any atom is -0.481 e. The zero-order valence-corrected chi connectivity index (χ0v) is 16.3. The fraction of sp³-hybridized carbons (Fsp3) is 0.955. The molecule has 4 saturated heterocycles. The summed E-state index contributed by atoms with van der Waals surface area (Å²) in [5, 5.41) is 22.0. The molecule has 0 aromatic rings. The second-order valence-electron chi connectivity index (χ2n) is 11.4. The molecule has 9 atom stereocenters. The Morgan fingerprint density at radius 3 is 2.77 bits per heavy atom. The molecule has 6 fully saturated rings. The Kier molecular flexibility index (Phi) is 2.74. The largest absolute Gasteiger partial charge is 0.481 e.